The van der Waals surface area contributed by atoms with Gasteiger partial charge in [0.1, 0.15) is 12.4 Å². The zero-order valence-electron chi connectivity index (χ0n) is 14.3. The molecule has 1 fully saturated rings. The van der Waals surface area contributed by atoms with E-state index in [0.29, 0.717) is 50.0 Å². The van der Waals surface area contributed by atoms with Gasteiger partial charge in [-0.2, -0.15) is 10.6 Å². The normalized spacial score (nSPS) is 21.1. The van der Waals surface area contributed by atoms with Crippen LogP contribution < -0.4 is 10.2 Å². The summed E-state index contributed by atoms with van der Waals surface area (Å²) in [5, 5.41) is 8.72. The Kier molecular flexibility index (Phi) is 5.68. The van der Waals surface area contributed by atoms with Gasteiger partial charge in [0.15, 0.2) is 0 Å². The van der Waals surface area contributed by atoms with E-state index >= 15 is 0 Å². The number of hydrogen-bond acceptors (Lipinski definition) is 7. The predicted octanol–water partition coefficient (Wildman–Crippen LogP) is 0.593. The van der Waals surface area contributed by atoms with E-state index in [-0.39, 0.29) is 18.0 Å². The molecule has 1 aromatic carbocycles. The molecule has 2 aliphatic rings. The molecule has 0 saturated carbocycles. The number of fused-ring (bicyclic) bond motifs is 1. The van der Waals surface area contributed by atoms with Gasteiger partial charge in [-0.3, -0.25) is 28.8 Å². The average molecular weight is 385 g/mol. The second-order valence-corrected chi connectivity index (χ2v) is 8.83. The SMILES string of the molecule is O=C(NO)c1ccc2c(c1)OCCN(C(=O)CN1CCS(O)(O)CC1)C2. The summed E-state index contributed by atoms with van der Waals surface area (Å²) in [7, 11) is -2.47. The average Bonchev–Trinajstić information content (AvgIpc) is 2.84. The Morgan fingerprint density at radius 1 is 1.19 bits per heavy atom. The number of amides is 2. The first-order chi connectivity index (χ1) is 12.4. The molecule has 0 unspecified atom stereocenters. The molecular formula is C16H23N3O6S. The third kappa shape index (κ3) is 4.46. The Bertz CT molecular complexity index is 689. The van der Waals surface area contributed by atoms with Crippen LogP contribution in [0.25, 0.3) is 0 Å². The summed E-state index contributed by atoms with van der Waals surface area (Å²) < 4.78 is 25.0. The first kappa shape index (κ1) is 18.9. The number of carbonyl (C=O) groups excluding carboxylic acids is 2. The maximum Gasteiger partial charge on any atom is 0.274 e. The summed E-state index contributed by atoms with van der Waals surface area (Å²) in [4.78, 5) is 27.8. The van der Waals surface area contributed by atoms with E-state index < -0.39 is 16.5 Å². The lowest BCUT2D eigenvalue weighted by molar-refractivity contribution is -0.133. The maximum absolute atomic E-state index is 12.6. The zero-order valence-corrected chi connectivity index (χ0v) is 15.1. The van der Waals surface area contributed by atoms with E-state index in [1.54, 1.807) is 28.6 Å². The van der Waals surface area contributed by atoms with Crippen LogP contribution in [0.5, 0.6) is 5.75 Å². The van der Waals surface area contributed by atoms with Crippen LogP contribution in [-0.4, -0.2) is 80.2 Å². The predicted molar refractivity (Wildman–Crippen MR) is 95.6 cm³/mol. The van der Waals surface area contributed by atoms with Crippen molar-refractivity contribution in [3.63, 3.8) is 0 Å². The third-order valence-corrected chi connectivity index (χ3v) is 6.26. The van der Waals surface area contributed by atoms with Crippen LogP contribution >= 0.6 is 10.6 Å². The molecule has 4 N–H and O–H groups in total. The van der Waals surface area contributed by atoms with Crippen LogP contribution in [0, 0.1) is 0 Å². The highest BCUT2D eigenvalue weighted by molar-refractivity contribution is 8.24. The molecule has 0 aliphatic carbocycles. The van der Waals surface area contributed by atoms with Crippen molar-refractivity contribution >= 4 is 22.4 Å². The number of benzene rings is 1. The summed E-state index contributed by atoms with van der Waals surface area (Å²) in [5.41, 5.74) is 2.65. The number of carbonyl (C=O) groups is 2. The molecule has 2 amide bonds. The Balaban J connectivity index is 1.63. The number of nitrogens with zero attached hydrogens (tertiary/aromatic N) is 2. The van der Waals surface area contributed by atoms with Gasteiger partial charge in [0.25, 0.3) is 5.91 Å². The number of nitrogens with one attached hydrogen (secondary N) is 1. The van der Waals surface area contributed by atoms with Crippen molar-refractivity contribution in [2.45, 2.75) is 6.54 Å². The molecule has 1 aromatic rings. The molecule has 0 aromatic heterocycles. The first-order valence-corrected chi connectivity index (χ1v) is 10.2. The van der Waals surface area contributed by atoms with Crippen molar-refractivity contribution in [1.29, 1.82) is 0 Å². The van der Waals surface area contributed by atoms with E-state index in [0.717, 1.165) is 5.56 Å². The number of rotatable bonds is 3. The van der Waals surface area contributed by atoms with Crippen molar-refractivity contribution < 1.29 is 28.6 Å². The molecular weight excluding hydrogens is 362 g/mol. The Morgan fingerprint density at radius 2 is 1.92 bits per heavy atom. The Hall–Kier alpha value is -1.85. The topological polar surface area (TPSA) is 123 Å². The second kappa shape index (κ2) is 7.80. The van der Waals surface area contributed by atoms with Gasteiger partial charge in [0.2, 0.25) is 5.91 Å². The molecule has 26 heavy (non-hydrogen) atoms. The maximum atomic E-state index is 12.6. The molecule has 10 heteroatoms. The molecule has 144 valence electrons. The minimum atomic E-state index is -2.47. The lowest BCUT2D eigenvalue weighted by Crippen LogP contribution is -2.45. The third-order valence-electron chi connectivity index (χ3n) is 4.59. The molecule has 2 heterocycles. The summed E-state index contributed by atoms with van der Waals surface area (Å²) in [6.07, 6.45) is 0. The van der Waals surface area contributed by atoms with E-state index in [9.17, 15) is 18.7 Å². The fourth-order valence-corrected chi connectivity index (χ4v) is 4.31. The minimum absolute atomic E-state index is 0.0444. The molecule has 2 aliphatic heterocycles. The smallest absolute Gasteiger partial charge is 0.274 e. The van der Waals surface area contributed by atoms with Crippen molar-refractivity contribution in [3.8, 4) is 5.75 Å². The van der Waals surface area contributed by atoms with Gasteiger partial charge in [0.05, 0.1) is 24.6 Å². The lowest BCUT2D eigenvalue weighted by Gasteiger charge is -2.41. The molecule has 0 spiro atoms. The van der Waals surface area contributed by atoms with Crippen molar-refractivity contribution in [1.82, 2.24) is 15.3 Å². The number of ether oxygens (including phenoxy) is 1. The highest BCUT2D eigenvalue weighted by Gasteiger charge is 2.26. The quantitative estimate of drug-likeness (QED) is 0.444. The zero-order chi connectivity index (χ0) is 18.7. The van der Waals surface area contributed by atoms with Crippen molar-refractivity contribution in [3.05, 3.63) is 29.3 Å². The standard InChI is InChI=1S/C16H23N3O6S/c20-15(11-18-4-7-26(23,24)8-5-18)19-3-6-25-14-9-12(16(21)17-22)1-2-13(14)10-19/h1-2,9,22-24H,3-8,10-11H2,(H,17,21). The number of hydroxylamine groups is 1. The van der Waals surface area contributed by atoms with Gasteiger partial charge in [-0.25, -0.2) is 5.48 Å². The lowest BCUT2D eigenvalue weighted by atomic mass is 10.1. The Morgan fingerprint density at radius 3 is 2.62 bits per heavy atom. The molecule has 0 radical (unpaired) electrons. The minimum Gasteiger partial charge on any atom is -0.491 e. The molecule has 0 bridgehead atoms. The van der Waals surface area contributed by atoms with E-state index in [1.165, 1.54) is 0 Å². The van der Waals surface area contributed by atoms with Gasteiger partial charge in [-0.05, 0) is 12.1 Å². The van der Waals surface area contributed by atoms with Crippen LogP contribution in [0.15, 0.2) is 18.2 Å². The second-order valence-electron chi connectivity index (χ2n) is 6.41. The van der Waals surface area contributed by atoms with Gasteiger partial charge >= 0.3 is 0 Å². The molecule has 1 saturated heterocycles. The summed E-state index contributed by atoms with van der Waals surface area (Å²) in [6.45, 7) is 2.33. The summed E-state index contributed by atoms with van der Waals surface area (Å²) in [6, 6.07) is 4.82. The highest BCUT2D eigenvalue weighted by atomic mass is 32.3. The fraction of sp³-hybridized carbons (Fsp3) is 0.500. The Labute approximate surface area is 152 Å². The first-order valence-electron chi connectivity index (χ1n) is 8.32. The van der Waals surface area contributed by atoms with Crippen LogP contribution in [0.3, 0.4) is 0 Å². The number of hydrogen-bond donors (Lipinski definition) is 4. The van der Waals surface area contributed by atoms with Gasteiger partial charge in [0, 0.05) is 30.8 Å². The molecule has 0 atom stereocenters. The monoisotopic (exact) mass is 385 g/mol. The van der Waals surface area contributed by atoms with Gasteiger partial charge in [-0.1, -0.05) is 6.07 Å². The van der Waals surface area contributed by atoms with Crippen molar-refractivity contribution in [2.24, 2.45) is 0 Å². The summed E-state index contributed by atoms with van der Waals surface area (Å²) in [5.74, 6) is 0.471. The molecule has 3 rings (SSSR count). The summed E-state index contributed by atoms with van der Waals surface area (Å²) >= 11 is 0. The fourth-order valence-electron chi connectivity index (χ4n) is 3.00. The highest BCUT2D eigenvalue weighted by Crippen LogP contribution is 2.40. The van der Waals surface area contributed by atoms with Crippen LogP contribution in [0.1, 0.15) is 15.9 Å². The van der Waals surface area contributed by atoms with Crippen LogP contribution in [0.2, 0.25) is 0 Å². The van der Waals surface area contributed by atoms with E-state index in [1.807, 2.05) is 4.90 Å². The van der Waals surface area contributed by atoms with Gasteiger partial charge < -0.3 is 9.64 Å². The van der Waals surface area contributed by atoms with E-state index in [2.05, 4.69) is 0 Å². The largest absolute Gasteiger partial charge is 0.491 e. The van der Waals surface area contributed by atoms with Crippen LogP contribution in [-0.2, 0) is 11.3 Å². The van der Waals surface area contributed by atoms with Crippen molar-refractivity contribution in [2.75, 3.05) is 44.3 Å². The van der Waals surface area contributed by atoms with Gasteiger partial charge in [-0.15, -0.1) is 0 Å². The molecule has 9 nitrogen and oxygen atoms in total. The van der Waals surface area contributed by atoms with Crippen LogP contribution in [0.4, 0.5) is 0 Å². The van der Waals surface area contributed by atoms with E-state index in [4.69, 9.17) is 9.94 Å².